The molecule has 0 bridgehead atoms. The maximum Gasteiger partial charge on any atom is 0.306 e. The fourth-order valence-electron chi connectivity index (χ4n) is 1.60. The van der Waals surface area contributed by atoms with E-state index in [9.17, 15) is 18.9 Å². The lowest BCUT2D eigenvalue weighted by atomic mass is 10.2. The van der Waals surface area contributed by atoms with E-state index < -0.39 is 16.4 Å². The molecule has 19 heavy (non-hydrogen) atoms. The minimum absolute atomic E-state index is 0.162. The van der Waals surface area contributed by atoms with Crippen LogP contribution in [0.25, 0.3) is 0 Å². The summed E-state index contributed by atoms with van der Waals surface area (Å²) in [7, 11) is 0. The number of halogens is 2. The van der Waals surface area contributed by atoms with E-state index >= 15 is 0 Å². The Balaban J connectivity index is 2.14. The predicted molar refractivity (Wildman–Crippen MR) is 66.8 cm³/mol. The van der Waals surface area contributed by atoms with E-state index in [1.165, 1.54) is 12.1 Å². The van der Waals surface area contributed by atoms with Crippen LogP contribution in [0.15, 0.2) is 42.5 Å². The molecule has 98 valence electrons. The van der Waals surface area contributed by atoms with Gasteiger partial charge in [0.2, 0.25) is 5.82 Å². The molecule has 1 N–H and O–H groups in total. The number of benzene rings is 2. The number of hydrogen-bond acceptors (Lipinski definition) is 3. The van der Waals surface area contributed by atoms with Crippen LogP contribution in [-0.4, -0.2) is 4.92 Å². The molecular formula is C13H10F2N2O2. The van der Waals surface area contributed by atoms with Crippen LogP contribution in [0.2, 0.25) is 0 Å². The molecule has 0 saturated heterocycles. The summed E-state index contributed by atoms with van der Waals surface area (Å²) in [6.45, 7) is 0.162. The van der Waals surface area contributed by atoms with Crippen LogP contribution in [-0.2, 0) is 6.54 Å². The van der Waals surface area contributed by atoms with Gasteiger partial charge in [-0.05, 0) is 18.2 Å². The summed E-state index contributed by atoms with van der Waals surface area (Å²) in [6, 6.07) is 9.63. The highest BCUT2D eigenvalue weighted by Gasteiger charge is 2.14. The lowest BCUT2D eigenvalue weighted by Crippen LogP contribution is -2.02. The number of nitrogens with one attached hydrogen (secondary N) is 1. The summed E-state index contributed by atoms with van der Waals surface area (Å²) in [4.78, 5) is 9.78. The first-order chi connectivity index (χ1) is 9.08. The Morgan fingerprint density at radius 3 is 2.53 bits per heavy atom. The van der Waals surface area contributed by atoms with E-state index in [-0.39, 0.29) is 12.4 Å². The Kier molecular flexibility index (Phi) is 3.70. The maximum atomic E-state index is 13.4. The van der Waals surface area contributed by atoms with Crippen LogP contribution in [0.5, 0.6) is 0 Å². The second-order valence-electron chi connectivity index (χ2n) is 3.87. The third kappa shape index (κ3) is 3.04. The van der Waals surface area contributed by atoms with Gasteiger partial charge in [-0.2, -0.15) is 4.39 Å². The van der Waals surface area contributed by atoms with Crippen molar-refractivity contribution in [1.82, 2.24) is 0 Å². The normalized spacial score (nSPS) is 10.2. The Hall–Kier alpha value is -2.50. The lowest BCUT2D eigenvalue weighted by molar-refractivity contribution is -0.387. The van der Waals surface area contributed by atoms with Gasteiger partial charge in [0, 0.05) is 23.9 Å². The minimum Gasteiger partial charge on any atom is -0.381 e. The lowest BCUT2D eigenvalue weighted by Gasteiger charge is -2.07. The van der Waals surface area contributed by atoms with Gasteiger partial charge in [0.25, 0.3) is 0 Å². The number of nitro groups is 1. The van der Waals surface area contributed by atoms with Crippen molar-refractivity contribution >= 4 is 11.4 Å². The zero-order valence-electron chi connectivity index (χ0n) is 9.77. The van der Waals surface area contributed by atoms with E-state index in [2.05, 4.69) is 5.32 Å². The van der Waals surface area contributed by atoms with Gasteiger partial charge < -0.3 is 5.32 Å². The van der Waals surface area contributed by atoms with Crippen molar-refractivity contribution in [2.24, 2.45) is 0 Å². The Morgan fingerprint density at radius 2 is 1.84 bits per heavy atom. The van der Waals surface area contributed by atoms with Gasteiger partial charge in [-0.3, -0.25) is 10.1 Å². The third-order valence-corrected chi connectivity index (χ3v) is 2.58. The van der Waals surface area contributed by atoms with Crippen LogP contribution in [0.1, 0.15) is 5.56 Å². The summed E-state index contributed by atoms with van der Waals surface area (Å²) < 4.78 is 26.5. The number of nitrogens with zero attached hydrogens (tertiary/aromatic N) is 1. The first-order valence-corrected chi connectivity index (χ1v) is 5.49. The molecule has 0 aromatic heterocycles. The highest BCUT2D eigenvalue weighted by atomic mass is 19.1. The fourth-order valence-corrected chi connectivity index (χ4v) is 1.60. The molecule has 0 aliphatic rings. The molecule has 0 atom stereocenters. The zero-order chi connectivity index (χ0) is 13.8. The molecular weight excluding hydrogens is 254 g/mol. The van der Waals surface area contributed by atoms with Crippen molar-refractivity contribution in [2.75, 3.05) is 5.32 Å². The van der Waals surface area contributed by atoms with Gasteiger partial charge in [-0.15, -0.1) is 0 Å². The van der Waals surface area contributed by atoms with Crippen LogP contribution < -0.4 is 5.32 Å². The van der Waals surface area contributed by atoms with Crippen LogP contribution >= 0.6 is 0 Å². The van der Waals surface area contributed by atoms with Crippen molar-refractivity contribution in [3.05, 3.63) is 69.8 Å². The second-order valence-corrected chi connectivity index (χ2v) is 3.87. The number of hydrogen-bond donors (Lipinski definition) is 1. The standard InChI is InChI=1S/C13H10F2N2O2/c14-11-4-2-1-3-9(11)8-16-10-5-6-12(15)13(7-10)17(18)19/h1-7,16H,8H2. The summed E-state index contributed by atoms with van der Waals surface area (Å²) in [5.74, 6) is -1.27. The fraction of sp³-hybridized carbons (Fsp3) is 0.0769. The molecule has 0 spiro atoms. The first kappa shape index (κ1) is 12.9. The molecule has 0 heterocycles. The van der Waals surface area contributed by atoms with Crippen LogP contribution in [0, 0.1) is 21.7 Å². The average molecular weight is 264 g/mol. The van der Waals surface area contributed by atoms with Crippen molar-refractivity contribution in [3.63, 3.8) is 0 Å². The number of nitro benzene ring substituents is 1. The van der Waals surface area contributed by atoms with Crippen molar-refractivity contribution in [3.8, 4) is 0 Å². The molecule has 0 amide bonds. The second kappa shape index (κ2) is 5.43. The topological polar surface area (TPSA) is 55.2 Å². The van der Waals surface area contributed by atoms with E-state index in [0.29, 0.717) is 11.3 Å². The molecule has 4 nitrogen and oxygen atoms in total. The number of anilines is 1. The quantitative estimate of drug-likeness (QED) is 0.679. The van der Waals surface area contributed by atoms with Crippen molar-refractivity contribution in [2.45, 2.75) is 6.54 Å². The van der Waals surface area contributed by atoms with Gasteiger partial charge in [0.1, 0.15) is 5.82 Å². The minimum atomic E-state index is -0.901. The monoisotopic (exact) mass is 264 g/mol. The first-order valence-electron chi connectivity index (χ1n) is 5.49. The van der Waals surface area contributed by atoms with E-state index in [4.69, 9.17) is 0 Å². The van der Waals surface area contributed by atoms with Crippen LogP contribution in [0.4, 0.5) is 20.2 Å². The molecule has 6 heteroatoms. The van der Waals surface area contributed by atoms with Crippen LogP contribution in [0.3, 0.4) is 0 Å². The summed E-state index contributed by atoms with van der Waals surface area (Å²) in [6.07, 6.45) is 0. The van der Waals surface area contributed by atoms with Gasteiger partial charge in [-0.25, -0.2) is 4.39 Å². The third-order valence-electron chi connectivity index (χ3n) is 2.58. The highest BCUT2D eigenvalue weighted by Crippen LogP contribution is 2.22. The van der Waals surface area contributed by atoms with E-state index in [1.807, 2.05) is 0 Å². The van der Waals surface area contributed by atoms with E-state index in [1.54, 1.807) is 18.2 Å². The molecule has 0 aliphatic carbocycles. The van der Waals surface area contributed by atoms with Crippen molar-refractivity contribution in [1.29, 1.82) is 0 Å². The summed E-state index contributed by atoms with van der Waals surface area (Å²) in [5.41, 5.74) is 0.171. The number of rotatable bonds is 4. The predicted octanol–water partition coefficient (Wildman–Crippen LogP) is 3.49. The summed E-state index contributed by atoms with van der Waals surface area (Å²) >= 11 is 0. The molecule has 0 saturated carbocycles. The van der Waals surface area contributed by atoms with Gasteiger partial charge in [0.05, 0.1) is 4.92 Å². The smallest absolute Gasteiger partial charge is 0.306 e. The van der Waals surface area contributed by atoms with Crippen molar-refractivity contribution < 1.29 is 13.7 Å². The molecule has 2 rings (SSSR count). The highest BCUT2D eigenvalue weighted by molar-refractivity contribution is 5.52. The van der Waals surface area contributed by atoms with Gasteiger partial charge in [-0.1, -0.05) is 18.2 Å². The molecule has 2 aromatic rings. The Labute approximate surface area is 107 Å². The molecule has 0 fully saturated rings. The maximum absolute atomic E-state index is 13.4. The van der Waals surface area contributed by atoms with E-state index in [0.717, 1.165) is 12.1 Å². The average Bonchev–Trinajstić information content (AvgIpc) is 2.39. The summed E-state index contributed by atoms with van der Waals surface area (Å²) in [5, 5.41) is 13.4. The Morgan fingerprint density at radius 1 is 1.11 bits per heavy atom. The Bertz CT molecular complexity index is 617. The van der Waals surface area contributed by atoms with Gasteiger partial charge >= 0.3 is 5.69 Å². The molecule has 0 unspecified atom stereocenters. The zero-order valence-corrected chi connectivity index (χ0v) is 9.77. The SMILES string of the molecule is O=[N+]([O-])c1cc(NCc2ccccc2F)ccc1F. The molecule has 0 radical (unpaired) electrons. The largest absolute Gasteiger partial charge is 0.381 e. The molecule has 2 aromatic carbocycles. The molecule has 0 aliphatic heterocycles. The van der Waals surface area contributed by atoms with Gasteiger partial charge in [0.15, 0.2) is 0 Å².